The Hall–Kier alpha value is -2.84. The average molecular weight is 375 g/mol. The van der Waals surface area contributed by atoms with E-state index in [1.807, 2.05) is 32.7 Å². The standard InChI is InChI=1S/C18H25N5O4/c1-18(2,3)27-17(24)22-8-7-12(11-22)10-21(4)16-19-14-6-5-13(23(25)26)9-15(14)20-16/h5-6,9,12H,7-8,10-11H2,1-4H3,(H,19,20)/t12-/m0/s1. The summed E-state index contributed by atoms with van der Waals surface area (Å²) >= 11 is 0. The van der Waals surface area contributed by atoms with Gasteiger partial charge in [0.15, 0.2) is 0 Å². The van der Waals surface area contributed by atoms with E-state index in [2.05, 4.69) is 9.97 Å². The van der Waals surface area contributed by atoms with Gasteiger partial charge in [-0.1, -0.05) is 0 Å². The molecule has 146 valence electrons. The number of aromatic nitrogens is 2. The molecule has 1 aromatic carbocycles. The molecule has 2 aromatic rings. The Balaban J connectivity index is 1.62. The molecular weight excluding hydrogens is 350 g/mol. The van der Waals surface area contributed by atoms with Crippen molar-refractivity contribution in [3.05, 3.63) is 28.3 Å². The SMILES string of the molecule is CN(C[C@@H]1CCN(C(=O)OC(C)(C)C)C1)c1nc2ccc([N+](=O)[O-])cc2[nH]1. The van der Waals surface area contributed by atoms with Gasteiger partial charge in [0.05, 0.1) is 16.0 Å². The highest BCUT2D eigenvalue weighted by Crippen LogP contribution is 2.24. The van der Waals surface area contributed by atoms with Crippen molar-refractivity contribution in [2.75, 3.05) is 31.6 Å². The number of rotatable bonds is 4. The number of aromatic amines is 1. The van der Waals surface area contributed by atoms with Crippen LogP contribution in [0.2, 0.25) is 0 Å². The molecule has 0 bridgehead atoms. The maximum atomic E-state index is 12.2. The molecule has 0 aliphatic carbocycles. The molecule has 1 amide bonds. The summed E-state index contributed by atoms with van der Waals surface area (Å²) < 4.78 is 5.43. The van der Waals surface area contributed by atoms with Gasteiger partial charge in [-0.3, -0.25) is 10.1 Å². The zero-order valence-corrected chi connectivity index (χ0v) is 16.1. The summed E-state index contributed by atoms with van der Waals surface area (Å²) in [5, 5.41) is 10.9. The van der Waals surface area contributed by atoms with Gasteiger partial charge in [-0.2, -0.15) is 0 Å². The highest BCUT2D eigenvalue weighted by atomic mass is 16.6. The van der Waals surface area contributed by atoms with Gasteiger partial charge in [0.25, 0.3) is 5.69 Å². The number of likely N-dealkylation sites (tertiary alicyclic amines) is 1. The van der Waals surface area contributed by atoms with E-state index in [9.17, 15) is 14.9 Å². The van der Waals surface area contributed by atoms with Crippen LogP contribution in [0, 0.1) is 16.0 Å². The van der Waals surface area contributed by atoms with Crippen molar-refractivity contribution >= 4 is 28.8 Å². The van der Waals surface area contributed by atoms with Crippen LogP contribution in [0.3, 0.4) is 0 Å². The van der Waals surface area contributed by atoms with Gasteiger partial charge in [0.1, 0.15) is 5.60 Å². The summed E-state index contributed by atoms with van der Waals surface area (Å²) in [5.41, 5.74) is 0.851. The Morgan fingerprint density at radius 3 is 2.89 bits per heavy atom. The van der Waals surface area contributed by atoms with Crippen molar-refractivity contribution in [1.29, 1.82) is 0 Å². The number of nitrogens with zero attached hydrogens (tertiary/aromatic N) is 4. The number of H-pyrrole nitrogens is 1. The summed E-state index contributed by atoms with van der Waals surface area (Å²) in [6, 6.07) is 4.57. The Morgan fingerprint density at radius 1 is 1.48 bits per heavy atom. The first kappa shape index (κ1) is 18.9. The predicted octanol–water partition coefficient (Wildman–Crippen LogP) is 3.16. The first-order valence-corrected chi connectivity index (χ1v) is 8.95. The van der Waals surface area contributed by atoms with Crippen molar-refractivity contribution in [3.8, 4) is 0 Å². The highest BCUT2D eigenvalue weighted by molar-refractivity contribution is 5.80. The van der Waals surface area contributed by atoms with E-state index >= 15 is 0 Å². The van der Waals surface area contributed by atoms with E-state index in [0.29, 0.717) is 36.0 Å². The number of amides is 1. The van der Waals surface area contributed by atoms with Gasteiger partial charge in [0.2, 0.25) is 5.95 Å². The van der Waals surface area contributed by atoms with Crippen LogP contribution in [0.25, 0.3) is 11.0 Å². The number of nitro benzene ring substituents is 1. The molecule has 3 rings (SSSR count). The highest BCUT2D eigenvalue weighted by Gasteiger charge is 2.30. The maximum absolute atomic E-state index is 12.2. The monoisotopic (exact) mass is 375 g/mol. The van der Waals surface area contributed by atoms with Crippen molar-refractivity contribution in [2.24, 2.45) is 5.92 Å². The molecule has 9 nitrogen and oxygen atoms in total. The minimum Gasteiger partial charge on any atom is -0.444 e. The Labute approximate surface area is 157 Å². The number of anilines is 1. The van der Waals surface area contributed by atoms with Crippen molar-refractivity contribution in [3.63, 3.8) is 0 Å². The molecule has 1 atom stereocenters. The second-order valence-corrected chi connectivity index (χ2v) is 7.98. The van der Waals surface area contributed by atoms with Gasteiger partial charge in [-0.05, 0) is 39.2 Å². The molecule has 1 aliphatic rings. The van der Waals surface area contributed by atoms with Crippen LogP contribution in [0.5, 0.6) is 0 Å². The number of imidazole rings is 1. The first-order chi connectivity index (χ1) is 12.6. The van der Waals surface area contributed by atoms with E-state index in [1.54, 1.807) is 11.0 Å². The third-order valence-corrected chi connectivity index (χ3v) is 4.49. The number of hydrogen-bond acceptors (Lipinski definition) is 6. The number of carbonyl (C=O) groups excluding carboxylic acids is 1. The van der Waals surface area contributed by atoms with Crippen LogP contribution >= 0.6 is 0 Å². The molecular formula is C18H25N5O4. The van der Waals surface area contributed by atoms with Crippen molar-refractivity contribution < 1.29 is 14.5 Å². The molecule has 1 aromatic heterocycles. The number of benzene rings is 1. The average Bonchev–Trinajstić information content (AvgIpc) is 3.18. The van der Waals surface area contributed by atoms with Crippen LogP contribution < -0.4 is 4.90 Å². The predicted molar refractivity (Wildman–Crippen MR) is 102 cm³/mol. The Kier molecular flexibility index (Phi) is 4.95. The topological polar surface area (TPSA) is 105 Å². The molecule has 1 N–H and O–H groups in total. The van der Waals surface area contributed by atoms with Crippen molar-refractivity contribution in [1.82, 2.24) is 14.9 Å². The van der Waals surface area contributed by atoms with Gasteiger partial charge in [0, 0.05) is 38.8 Å². The van der Waals surface area contributed by atoms with E-state index in [0.717, 1.165) is 13.0 Å². The quantitative estimate of drug-likeness (QED) is 0.650. The molecule has 0 saturated carbocycles. The van der Waals surface area contributed by atoms with Crippen molar-refractivity contribution in [2.45, 2.75) is 32.8 Å². The third-order valence-electron chi connectivity index (χ3n) is 4.49. The number of carbonyl (C=O) groups is 1. The molecule has 0 radical (unpaired) electrons. The summed E-state index contributed by atoms with van der Waals surface area (Å²) in [6.45, 7) is 7.63. The molecule has 1 aliphatic heterocycles. The van der Waals surface area contributed by atoms with Crippen LogP contribution in [-0.4, -0.2) is 58.2 Å². The van der Waals surface area contributed by atoms with Crippen LogP contribution in [0.4, 0.5) is 16.4 Å². The third kappa shape index (κ3) is 4.47. The van der Waals surface area contributed by atoms with E-state index in [-0.39, 0.29) is 11.8 Å². The minimum absolute atomic E-state index is 0.0316. The number of hydrogen-bond donors (Lipinski definition) is 1. The molecule has 1 saturated heterocycles. The van der Waals surface area contributed by atoms with Crippen LogP contribution in [0.1, 0.15) is 27.2 Å². The summed E-state index contributed by atoms with van der Waals surface area (Å²) in [4.78, 5) is 34.0. The molecule has 9 heteroatoms. The number of non-ortho nitro benzene ring substituents is 1. The number of ether oxygens (including phenoxy) is 1. The summed E-state index contributed by atoms with van der Waals surface area (Å²) in [5.74, 6) is 0.964. The number of nitrogens with one attached hydrogen (secondary N) is 1. The molecule has 0 spiro atoms. The lowest BCUT2D eigenvalue weighted by atomic mass is 10.1. The molecule has 0 unspecified atom stereocenters. The zero-order valence-electron chi connectivity index (χ0n) is 16.1. The lowest BCUT2D eigenvalue weighted by Gasteiger charge is -2.25. The number of fused-ring (bicyclic) bond motifs is 1. The number of nitro groups is 1. The zero-order chi connectivity index (χ0) is 19.8. The van der Waals surface area contributed by atoms with E-state index in [4.69, 9.17) is 4.74 Å². The smallest absolute Gasteiger partial charge is 0.410 e. The van der Waals surface area contributed by atoms with Gasteiger partial charge < -0.3 is 19.5 Å². The Morgan fingerprint density at radius 2 is 2.22 bits per heavy atom. The van der Waals surface area contributed by atoms with E-state index < -0.39 is 10.5 Å². The van der Waals surface area contributed by atoms with Gasteiger partial charge in [-0.25, -0.2) is 9.78 Å². The summed E-state index contributed by atoms with van der Waals surface area (Å²) in [7, 11) is 1.92. The summed E-state index contributed by atoms with van der Waals surface area (Å²) in [6.07, 6.45) is 0.624. The van der Waals surface area contributed by atoms with Crippen LogP contribution in [-0.2, 0) is 4.74 Å². The first-order valence-electron chi connectivity index (χ1n) is 8.95. The van der Waals surface area contributed by atoms with E-state index in [1.165, 1.54) is 12.1 Å². The van der Waals surface area contributed by atoms with Gasteiger partial charge >= 0.3 is 6.09 Å². The normalized spacial score (nSPS) is 17.3. The lowest BCUT2D eigenvalue weighted by molar-refractivity contribution is -0.384. The minimum atomic E-state index is -0.497. The molecule has 27 heavy (non-hydrogen) atoms. The van der Waals surface area contributed by atoms with Gasteiger partial charge in [-0.15, -0.1) is 0 Å². The lowest BCUT2D eigenvalue weighted by Crippen LogP contribution is -2.36. The van der Waals surface area contributed by atoms with Crippen LogP contribution in [0.15, 0.2) is 18.2 Å². The second-order valence-electron chi connectivity index (χ2n) is 7.98. The fourth-order valence-corrected chi connectivity index (χ4v) is 3.23. The molecule has 1 fully saturated rings. The fraction of sp³-hybridized carbons (Fsp3) is 0.556. The molecule has 2 heterocycles. The Bertz CT molecular complexity index is 857. The fourth-order valence-electron chi connectivity index (χ4n) is 3.23. The largest absolute Gasteiger partial charge is 0.444 e. The second kappa shape index (κ2) is 7.05. The maximum Gasteiger partial charge on any atom is 0.410 e.